The lowest BCUT2D eigenvalue weighted by atomic mass is 10.0. The van der Waals surface area contributed by atoms with E-state index in [1.807, 2.05) is 17.5 Å². The molecule has 3 rings (SSSR count). The summed E-state index contributed by atoms with van der Waals surface area (Å²) in [6, 6.07) is 2.01. The molecule has 0 spiro atoms. The van der Waals surface area contributed by atoms with Gasteiger partial charge < -0.3 is 5.32 Å². The molecule has 2 saturated carbocycles. The average molecular weight is 326 g/mol. The summed E-state index contributed by atoms with van der Waals surface area (Å²) < 4.78 is 1.07. The third kappa shape index (κ3) is 2.86. The van der Waals surface area contributed by atoms with Crippen LogP contribution in [-0.2, 0) is 4.79 Å². The molecule has 1 amide bonds. The minimum absolute atomic E-state index is 0.0337. The Kier molecular flexibility index (Phi) is 3.32. The highest BCUT2D eigenvalue weighted by Crippen LogP contribution is 2.60. The van der Waals surface area contributed by atoms with Crippen LogP contribution in [0.5, 0.6) is 0 Å². The quantitative estimate of drug-likeness (QED) is 0.819. The predicted molar refractivity (Wildman–Crippen MR) is 78.5 cm³/mol. The normalized spacial score (nSPS) is 21.2. The molecule has 0 atom stereocenters. The molecule has 1 aromatic rings. The van der Waals surface area contributed by atoms with Crippen LogP contribution < -0.4 is 5.32 Å². The Balaban J connectivity index is 1.48. The molecule has 2 nitrogen and oxygen atoms in total. The lowest BCUT2D eigenvalue weighted by Crippen LogP contribution is -2.29. The van der Waals surface area contributed by atoms with Crippen molar-refractivity contribution >= 4 is 39.2 Å². The SMILES string of the molecule is O=C(C=Cc1cc(Br)cs1)NCC1(C2CC2)CC1. The van der Waals surface area contributed by atoms with E-state index in [9.17, 15) is 4.79 Å². The maximum Gasteiger partial charge on any atom is 0.244 e. The minimum Gasteiger partial charge on any atom is -0.352 e. The van der Waals surface area contributed by atoms with Crippen molar-refractivity contribution in [2.24, 2.45) is 11.3 Å². The van der Waals surface area contributed by atoms with E-state index in [1.165, 1.54) is 25.7 Å². The zero-order valence-corrected chi connectivity index (χ0v) is 12.5. The molecule has 0 unspecified atom stereocenters. The fourth-order valence-corrected chi connectivity index (χ4v) is 3.82. The summed E-state index contributed by atoms with van der Waals surface area (Å²) in [4.78, 5) is 12.8. The molecule has 2 aliphatic carbocycles. The number of hydrogen-bond donors (Lipinski definition) is 1. The van der Waals surface area contributed by atoms with Gasteiger partial charge in [0.15, 0.2) is 0 Å². The molecule has 0 aliphatic heterocycles. The number of carbonyl (C=O) groups excluding carboxylic acids is 1. The maximum atomic E-state index is 11.7. The molecule has 1 aromatic heterocycles. The summed E-state index contributed by atoms with van der Waals surface area (Å²) in [7, 11) is 0. The van der Waals surface area contributed by atoms with Gasteiger partial charge in [-0.25, -0.2) is 0 Å². The fourth-order valence-electron chi connectivity index (χ4n) is 2.48. The van der Waals surface area contributed by atoms with Crippen molar-refractivity contribution < 1.29 is 4.79 Å². The first-order chi connectivity index (χ1) is 8.68. The number of rotatable bonds is 5. The molecule has 0 radical (unpaired) electrons. The second-order valence-electron chi connectivity index (χ2n) is 5.36. The van der Waals surface area contributed by atoms with Crippen LogP contribution in [0, 0.1) is 11.3 Å². The first kappa shape index (κ1) is 12.4. The average Bonchev–Trinajstić information content (AvgIpc) is 3.23. The van der Waals surface area contributed by atoms with Gasteiger partial charge in [-0.2, -0.15) is 0 Å². The summed E-state index contributed by atoms with van der Waals surface area (Å²) in [5.74, 6) is 0.932. The van der Waals surface area contributed by atoms with Crippen LogP contribution in [0.2, 0.25) is 0 Å². The molecule has 0 bridgehead atoms. The second-order valence-corrected chi connectivity index (χ2v) is 7.21. The van der Waals surface area contributed by atoms with E-state index in [2.05, 4.69) is 21.2 Å². The third-order valence-electron chi connectivity index (χ3n) is 3.94. The Morgan fingerprint density at radius 2 is 2.33 bits per heavy atom. The monoisotopic (exact) mass is 325 g/mol. The number of carbonyl (C=O) groups is 1. The van der Waals surface area contributed by atoms with Crippen LogP contribution in [0.1, 0.15) is 30.6 Å². The number of nitrogens with one attached hydrogen (secondary N) is 1. The van der Waals surface area contributed by atoms with Gasteiger partial charge in [-0.3, -0.25) is 4.79 Å². The van der Waals surface area contributed by atoms with Crippen LogP contribution in [0.15, 0.2) is 22.0 Å². The van der Waals surface area contributed by atoms with Gasteiger partial charge in [-0.1, -0.05) is 0 Å². The first-order valence-corrected chi connectivity index (χ1v) is 8.05. The van der Waals surface area contributed by atoms with E-state index < -0.39 is 0 Å². The van der Waals surface area contributed by atoms with E-state index in [1.54, 1.807) is 17.4 Å². The van der Waals surface area contributed by atoms with Gasteiger partial charge in [-0.05, 0) is 65.1 Å². The highest BCUT2D eigenvalue weighted by atomic mass is 79.9. The van der Waals surface area contributed by atoms with Crippen molar-refractivity contribution in [3.63, 3.8) is 0 Å². The molecule has 2 fully saturated rings. The van der Waals surface area contributed by atoms with Crippen molar-refractivity contribution in [1.82, 2.24) is 5.32 Å². The zero-order valence-electron chi connectivity index (χ0n) is 10.1. The van der Waals surface area contributed by atoms with Crippen molar-refractivity contribution in [2.75, 3.05) is 6.54 Å². The summed E-state index contributed by atoms with van der Waals surface area (Å²) >= 11 is 5.03. The zero-order chi connectivity index (χ0) is 12.6. The molecule has 0 aromatic carbocycles. The Bertz CT molecular complexity index is 486. The van der Waals surface area contributed by atoms with Crippen molar-refractivity contribution in [2.45, 2.75) is 25.7 Å². The Morgan fingerprint density at radius 1 is 1.56 bits per heavy atom. The lowest BCUT2D eigenvalue weighted by molar-refractivity contribution is -0.116. The molecule has 2 aliphatic rings. The van der Waals surface area contributed by atoms with Gasteiger partial charge in [0.1, 0.15) is 0 Å². The minimum atomic E-state index is 0.0337. The van der Waals surface area contributed by atoms with Crippen LogP contribution in [0.25, 0.3) is 6.08 Å². The highest BCUT2D eigenvalue weighted by Gasteiger charge is 2.53. The summed E-state index contributed by atoms with van der Waals surface area (Å²) in [5.41, 5.74) is 0.482. The largest absolute Gasteiger partial charge is 0.352 e. The maximum absolute atomic E-state index is 11.7. The molecule has 1 N–H and O–H groups in total. The highest BCUT2D eigenvalue weighted by molar-refractivity contribution is 9.10. The third-order valence-corrected chi connectivity index (χ3v) is 5.60. The van der Waals surface area contributed by atoms with E-state index in [0.717, 1.165) is 21.8 Å². The molecule has 0 saturated heterocycles. The van der Waals surface area contributed by atoms with Gasteiger partial charge in [-0.15, -0.1) is 11.3 Å². The molecule has 18 heavy (non-hydrogen) atoms. The lowest BCUT2D eigenvalue weighted by Gasteiger charge is -2.13. The Labute approximate surface area is 120 Å². The summed E-state index contributed by atoms with van der Waals surface area (Å²) in [5, 5.41) is 5.07. The Hall–Kier alpha value is -0.610. The topological polar surface area (TPSA) is 29.1 Å². The number of thiophene rings is 1. The van der Waals surface area contributed by atoms with E-state index >= 15 is 0 Å². The van der Waals surface area contributed by atoms with Crippen LogP contribution in [0.4, 0.5) is 0 Å². The van der Waals surface area contributed by atoms with Gasteiger partial charge in [0.2, 0.25) is 5.91 Å². The summed E-state index contributed by atoms with van der Waals surface area (Å²) in [6.07, 6.45) is 8.87. The van der Waals surface area contributed by atoms with Gasteiger partial charge >= 0.3 is 0 Å². The summed E-state index contributed by atoms with van der Waals surface area (Å²) in [6.45, 7) is 0.870. The molecule has 4 heteroatoms. The smallest absolute Gasteiger partial charge is 0.244 e. The molecule has 96 valence electrons. The first-order valence-electron chi connectivity index (χ1n) is 6.38. The molecular weight excluding hydrogens is 310 g/mol. The van der Waals surface area contributed by atoms with Crippen LogP contribution >= 0.6 is 27.3 Å². The van der Waals surface area contributed by atoms with Gasteiger partial charge in [0.05, 0.1) is 0 Å². The van der Waals surface area contributed by atoms with Crippen molar-refractivity contribution in [3.05, 3.63) is 26.9 Å². The Morgan fingerprint density at radius 3 is 2.89 bits per heavy atom. The number of amides is 1. The number of hydrogen-bond acceptors (Lipinski definition) is 2. The van der Waals surface area contributed by atoms with Crippen molar-refractivity contribution in [3.8, 4) is 0 Å². The van der Waals surface area contributed by atoms with Crippen LogP contribution in [-0.4, -0.2) is 12.5 Å². The van der Waals surface area contributed by atoms with E-state index in [-0.39, 0.29) is 5.91 Å². The fraction of sp³-hybridized carbons (Fsp3) is 0.500. The molecular formula is C14H16BrNOS. The predicted octanol–water partition coefficient (Wildman–Crippen LogP) is 3.83. The second kappa shape index (κ2) is 4.82. The molecule has 1 heterocycles. The number of halogens is 1. The van der Waals surface area contributed by atoms with E-state index in [4.69, 9.17) is 0 Å². The van der Waals surface area contributed by atoms with Gasteiger partial charge in [0.25, 0.3) is 0 Å². The standard InChI is InChI=1S/C14H16BrNOS/c15-11-7-12(18-8-11)3-4-13(17)16-9-14(5-6-14)10-1-2-10/h3-4,7-8,10H,1-2,5-6,9H2,(H,16,17). The van der Waals surface area contributed by atoms with Crippen LogP contribution in [0.3, 0.4) is 0 Å². The van der Waals surface area contributed by atoms with E-state index in [0.29, 0.717) is 5.41 Å². The van der Waals surface area contributed by atoms with Gasteiger partial charge in [0, 0.05) is 27.4 Å². The van der Waals surface area contributed by atoms with Crippen molar-refractivity contribution in [1.29, 1.82) is 0 Å².